The van der Waals surface area contributed by atoms with Gasteiger partial charge in [0, 0.05) is 16.5 Å². The van der Waals surface area contributed by atoms with E-state index in [1.807, 2.05) is 0 Å². The van der Waals surface area contributed by atoms with Gasteiger partial charge in [-0.05, 0) is 51.3 Å². The van der Waals surface area contributed by atoms with Crippen molar-refractivity contribution in [2.24, 2.45) is 9.98 Å². The Kier molecular flexibility index (Phi) is 8.62. The van der Waals surface area contributed by atoms with Crippen molar-refractivity contribution in [1.29, 1.82) is 0 Å². The van der Waals surface area contributed by atoms with Gasteiger partial charge in [0.25, 0.3) is 0 Å². The Labute approximate surface area is 244 Å². The molecule has 0 saturated carbocycles. The molecule has 0 amide bonds. The van der Waals surface area contributed by atoms with Crippen LogP contribution in [0.15, 0.2) is 82.8 Å². The predicted octanol–water partition coefficient (Wildman–Crippen LogP) is 10.6. The number of hydrogen-bond acceptors (Lipinski definition) is 2. The molecule has 0 aromatic heterocycles. The van der Waals surface area contributed by atoms with Crippen molar-refractivity contribution in [3.05, 3.63) is 106 Å². The molecule has 0 N–H and O–H groups in total. The van der Waals surface area contributed by atoms with Crippen LogP contribution in [0, 0.1) is 0 Å². The molecule has 4 aromatic carbocycles. The molecule has 0 heterocycles. The summed E-state index contributed by atoms with van der Waals surface area (Å²) in [4.78, 5) is 11.1. The molecule has 0 aliphatic heterocycles. The van der Waals surface area contributed by atoms with E-state index in [1.54, 1.807) is 0 Å². The van der Waals surface area contributed by atoms with Gasteiger partial charge in [0.05, 0.1) is 22.8 Å². The molecule has 0 bridgehead atoms. The summed E-state index contributed by atoms with van der Waals surface area (Å²) in [7, 11) is 0. The Morgan fingerprint density at radius 3 is 1.05 bits per heavy atom. The predicted molar refractivity (Wildman–Crippen MR) is 166 cm³/mol. The maximum atomic E-state index is 5.55. The van der Waals surface area contributed by atoms with E-state index in [2.05, 4.69) is 128 Å². The van der Waals surface area contributed by atoms with E-state index in [0.717, 1.165) is 22.8 Å². The van der Waals surface area contributed by atoms with Crippen molar-refractivity contribution in [2.45, 2.75) is 79.1 Å². The van der Waals surface area contributed by atoms with Crippen molar-refractivity contribution < 1.29 is 16.5 Å². The molecule has 0 saturated heterocycles. The average molecular weight is 559 g/mol. The monoisotopic (exact) mass is 558 g/mol. The van der Waals surface area contributed by atoms with E-state index in [-0.39, 0.29) is 16.5 Å². The number of nitrogens with zero attached hydrogens (tertiary/aromatic N) is 2. The number of benzene rings is 4. The molecule has 202 valence electrons. The number of para-hydroxylation sites is 2. The van der Waals surface area contributed by atoms with Gasteiger partial charge in [-0.25, -0.2) is 9.98 Å². The maximum absolute atomic E-state index is 5.55. The van der Waals surface area contributed by atoms with Crippen LogP contribution >= 0.6 is 0 Å². The summed E-state index contributed by atoms with van der Waals surface area (Å²) >= 11 is 0. The second kappa shape index (κ2) is 11.6. The molecule has 39 heavy (non-hydrogen) atoms. The molecule has 3 heteroatoms. The zero-order valence-electron chi connectivity index (χ0n) is 24.4. The van der Waals surface area contributed by atoms with Gasteiger partial charge in [-0.1, -0.05) is 128 Å². The van der Waals surface area contributed by atoms with Crippen LogP contribution in [0.5, 0.6) is 0 Å². The van der Waals surface area contributed by atoms with Crippen molar-refractivity contribution in [3.63, 3.8) is 0 Å². The summed E-state index contributed by atoms with van der Waals surface area (Å²) < 4.78 is 0. The Morgan fingerprint density at radius 1 is 0.436 bits per heavy atom. The van der Waals surface area contributed by atoms with Crippen LogP contribution in [0.1, 0.15) is 112 Å². The second-order valence-corrected chi connectivity index (χ2v) is 11.8. The van der Waals surface area contributed by atoms with Crippen LogP contribution in [-0.4, -0.2) is 11.4 Å². The minimum Gasteiger partial charge on any atom is -0.245 e. The van der Waals surface area contributed by atoms with E-state index >= 15 is 0 Å². The molecule has 1 aliphatic carbocycles. The molecule has 2 nitrogen and oxygen atoms in total. The van der Waals surface area contributed by atoms with Crippen LogP contribution in [-0.2, 0) is 16.5 Å². The smallest absolute Gasteiger partial charge is 0.245 e. The minimum absolute atomic E-state index is 0. The first-order valence-corrected chi connectivity index (χ1v) is 14.1. The van der Waals surface area contributed by atoms with E-state index in [1.165, 1.54) is 44.2 Å². The van der Waals surface area contributed by atoms with E-state index in [9.17, 15) is 0 Å². The molecule has 0 fully saturated rings. The number of hydrogen-bond donors (Lipinski definition) is 0. The molecular formula is C36H40N2Ni+2. The van der Waals surface area contributed by atoms with Crippen LogP contribution < -0.4 is 0 Å². The summed E-state index contributed by atoms with van der Waals surface area (Å²) in [6, 6.07) is 26.5. The van der Waals surface area contributed by atoms with Gasteiger partial charge in [0.1, 0.15) is 0 Å². The standard InChI is InChI=1S/C36H40N2.Ni/c1-21(2)26-15-11-16-27(22(3)4)33(26)37-35-30-19-9-13-25-14-10-20-31(32(25)30)36(35)38-34-28(23(5)6)17-12-18-29(34)24(7)8;/h9-24H,1-8H3;/q;+2. The Bertz CT molecular complexity index is 1400. The van der Waals surface area contributed by atoms with Gasteiger partial charge in [0.15, 0.2) is 0 Å². The zero-order chi connectivity index (χ0) is 27.1. The van der Waals surface area contributed by atoms with Gasteiger partial charge in [0.2, 0.25) is 0 Å². The third kappa shape index (κ3) is 5.27. The van der Waals surface area contributed by atoms with Crippen LogP contribution in [0.2, 0.25) is 0 Å². The SMILES string of the molecule is CC(C)c1cccc(C(C)C)c1N=C1C(=Nc2c(C(C)C)cccc2C(C)C)c2cccc3cccc1c23.[Ni+2]. The minimum atomic E-state index is 0. The third-order valence-corrected chi connectivity index (χ3v) is 7.77. The summed E-state index contributed by atoms with van der Waals surface area (Å²) in [6.07, 6.45) is 0. The maximum Gasteiger partial charge on any atom is 2.00 e. The number of rotatable bonds is 6. The Hall–Kier alpha value is -3.03. The molecular weight excluding hydrogens is 519 g/mol. The fraction of sp³-hybridized carbons (Fsp3) is 0.333. The first kappa shape index (κ1) is 29.0. The van der Waals surface area contributed by atoms with E-state index in [4.69, 9.17) is 9.98 Å². The molecule has 4 aromatic rings. The average Bonchev–Trinajstić information content (AvgIpc) is 3.17. The quantitative estimate of drug-likeness (QED) is 0.210. The van der Waals surface area contributed by atoms with Gasteiger partial charge in [-0.3, -0.25) is 0 Å². The summed E-state index contributed by atoms with van der Waals surface area (Å²) in [5.41, 5.74) is 11.7. The summed E-state index contributed by atoms with van der Waals surface area (Å²) in [5.74, 6) is 1.51. The zero-order valence-corrected chi connectivity index (χ0v) is 25.4. The Balaban J connectivity index is 0.00000353. The van der Waals surface area contributed by atoms with Gasteiger partial charge in [-0.15, -0.1) is 0 Å². The molecule has 0 radical (unpaired) electrons. The normalized spacial score (nSPS) is 15.0. The molecule has 5 rings (SSSR count). The number of aliphatic imine (C=N–C) groups is 2. The second-order valence-electron chi connectivity index (χ2n) is 11.8. The van der Waals surface area contributed by atoms with Crippen molar-refractivity contribution in [1.82, 2.24) is 0 Å². The van der Waals surface area contributed by atoms with E-state index in [0.29, 0.717) is 23.7 Å². The molecule has 0 spiro atoms. The fourth-order valence-electron chi connectivity index (χ4n) is 5.72. The topological polar surface area (TPSA) is 24.7 Å². The molecule has 1 aliphatic rings. The van der Waals surface area contributed by atoms with Crippen LogP contribution in [0.3, 0.4) is 0 Å². The van der Waals surface area contributed by atoms with Crippen LogP contribution in [0.4, 0.5) is 11.4 Å². The first-order chi connectivity index (χ1) is 18.2. The first-order valence-electron chi connectivity index (χ1n) is 14.1. The van der Waals surface area contributed by atoms with Gasteiger partial charge in [-0.2, -0.15) is 0 Å². The largest absolute Gasteiger partial charge is 2.00 e. The van der Waals surface area contributed by atoms with E-state index < -0.39 is 0 Å². The summed E-state index contributed by atoms with van der Waals surface area (Å²) in [5, 5.41) is 2.49. The van der Waals surface area contributed by atoms with Crippen molar-refractivity contribution in [3.8, 4) is 0 Å². The molecule has 0 unspecified atom stereocenters. The fourth-order valence-corrected chi connectivity index (χ4v) is 5.72. The van der Waals surface area contributed by atoms with Gasteiger partial charge < -0.3 is 0 Å². The van der Waals surface area contributed by atoms with Gasteiger partial charge >= 0.3 is 16.5 Å². The summed E-state index contributed by atoms with van der Waals surface area (Å²) in [6.45, 7) is 18.1. The Morgan fingerprint density at radius 2 is 0.744 bits per heavy atom. The van der Waals surface area contributed by atoms with Crippen molar-refractivity contribution in [2.75, 3.05) is 0 Å². The molecule has 0 atom stereocenters. The van der Waals surface area contributed by atoms with Crippen LogP contribution in [0.25, 0.3) is 10.8 Å². The van der Waals surface area contributed by atoms with Crippen molar-refractivity contribution >= 4 is 33.6 Å². The third-order valence-electron chi connectivity index (χ3n) is 7.77.